The fourth-order valence-electron chi connectivity index (χ4n) is 3.45. The summed E-state index contributed by atoms with van der Waals surface area (Å²) in [6, 6.07) is 12.3. The van der Waals surface area contributed by atoms with E-state index in [1.807, 2.05) is 24.3 Å². The molecule has 2 aromatic carbocycles. The maximum Gasteiger partial charge on any atom is 0.417 e. The molecule has 2 aromatic rings. The third-order valence-electron chi connectivity index (χ3n) is 5.17. The molecule has 3 rings (SSSR count). The van der Waals surface area contributed by atoms with Crippen LogP contribution in [0.4, 0.5) is 13.2 Å². The molecule has 5 nitrogen and oxygen atoms in total. The second kappa shape index (κ2) is 9.19. The number of ether oxygens (including phenoxy) is 1. The molecule has 1 aliphatic heterocycles. The van der Waals surface area contributed by atoms with Crippen molar-refractivity contribution in [2.75, 3.05) is 33.3 Å². The molecular formula is C22H23F3N2O3. The third kappa shape index (κ3) is 5.11. The van der Waals surface area contributed by atoms with Crippen LogP contribution in [0.3, 0.4) is 0 Å². The lowest BCUT2D eigenvalue weighted by Crippen LogP contribution is -2.50. The van der Waals surface area contributed by atoms with E-state index in [2.05, 4.69) is 0 Å². The van der Waals surface area contributed by atoms with Crippen molar-refractivity contribution in [3.05, 3.63) is 65.2 Å². The number of carbonyl (C=O) groups is 2. The van der Waals surface area contributed by atoms with Crippen LogP contribution in [0, 0.1) is 0 Å². The van der Waals surface area contributed by atoms with E-state index >= 15 is 0 Å². The van der Waals surface area contributed by atoms with E-state index < -0.39 is 17.6 Å². The zero-order valence-electron chi connectivity index (χ0n) is 16.6. The average molecular weight is 420 g/mol. The summed E-state index contributed by atoms with van der Waals surface area (Å²) >= 11 is 0. The molecule has 8 heteroatoms. The molecular weight excluding hydrogens is 397 g/mol. The maximum atomic E-state index is 13.2. The van der Waals surface area contributed by atoms with Crippen LogP contribution >= 0.6 is 0 Å². The van der Waals surface area contributed by atoms with Crippen LogP contribution in [0.1, 0.15) is 27.9 Å². The van der Waals surface area contributed by atoms with Gasteiger partial charge >= 0.3 is 6.18 Å². The summed E-state index contributed by atoms with van der Waals surface area (Å²) in [7, 11) is 1.59. The van der Waals surface area contributed by atoms with Crippen LogP contribution in [0.2, 0.25) is 0 Å². The van der Waals surface area contributed by atoms with Gasteiger partial charge in [0.2, 0.25) is 5.91 Å². The van der Waals surface area contributed by atoms with Crippen molar-refractivity contribution in [2.24, 2.45) is 0 Å². The number of nitrogens with zero attached hydrogens (tertiary/aromatic N) is 2. The Bertz CT molecular complexity index is 889. The Morgan fingerprint density at radius 2 is 1.53 bits per heavy atom. The quantitative estimate of drug-likeness (QED) is 0.742. The summed E-state index contributed by atoms with van der Waals surface area (Å²) in [4.78, 5) is 28.1. The summed E-state index contributed by atoms with van der Waals surface area (Å²) < 4.78 is 44.6. The highest BCUT2D eigenvalue weighted by atomic mass is 19.4. The summed E-state index contributed by atoms with van der Waals surface area (Å²) in [5.41, 5.74) is -0.279. The van der Waals surface area contributed by atoms with Crippen molar-refractivity contribution >= 4 is 11.8 Å². The smallest absolute Gasteiger partial charge is 0.417 e. The first kappa shape index (κ1) is 21.7. The molecule has 0 spiro atoms. The first-order chi connectivity index (χ1) is 14.3. The van der Waals surface area contributed by atoms with Gasteiger partial charge in [-0.25, -0.2) is 0 Å². The molecule has 30 heavy (non-hydrogen) atoms. The van der Waals surface area contributed by atoms with Gasteiger partial charge in [0.1, 0.15) is 5.75 Å². The molecule has 0 atom stereocenters. The van der Waals surface area contributed by atoms with Crippen molar-refractivity contribution in [3.8, 4) is 5.75 Å². The summed E-state index contributed by atoms with van der Waals surface area (Å²) in [5, 5.41) is 0. The lowest BCUT2D eigenvalue weighted by molar-refractivity contribution is -0.138. The molecule has 1 heterocycles. The van der Waals surface area contributed by atoms with E-state index in [-0.39, 0.29) is 24.6 Å². The number of aryl methyl sites for hydroxylation is 1. The largest absolute Gasteiger partial charge is 0.497 e. The molecule has 160 valence electrons. The number of hydrogen-bond acceptors (Lipinski definition) is 3. The summed E-state index contributed by atoms with van der Waals surface area (Å²) in [6.45, 7) is 1.03. The third-order valence-corrected chi connectivity index (χ3v) is 5.17. The lowest BCUT2D eigenvalue weighted by Gasteiger charge is -2.35. The van der Waals surface area contributed by atoms with E-state index in [4.69, 9.17) is 4.74 Å². The molecule has 0 aliphatic carbocycles. The van der Waals surface area contributed by atoms with Gasteiger partial charge in [0.05, 0.1) is 18.2 Å². The van der Waals surface area contributed by atoms with Gasteiger partial charge in [0.25, 0.3) is 5.91 Å². The monoisotopic (exact) mass is 420 g/mol. The fraction of sp³-hybridized carbons (Fsp3) is 0.364. The van der Waals surface area contributed by atoms with Gasteiger partial charge in [-0.3, -0.25) is 9.59 Å². The van der Waals surface area contributed by atoms with Gasteiger partial charge in [0.15, 0.2) is 0 Å². The minimum absolute atomic E-state index is 0.0337. The number of rotatable bonds is 5. The van der Waals surface area contributed by atoms with Crippen molar-refractivity contribution < 1.29 is 27.5 Å². The highest BCUT2D eigenvalue weighted by molar-refractivity contribution is 5.96. The molecule has 1 fully saturated rings. The molecule has 0 bridgehead atoms. The van der Waals surface area contributed by atoms with Gasteiger partial charge in [-0.05, 0) is 36.2 Å². The van der Waals surface area contributed by atoms with Gasteiger partial charge in [-0.2, -0.15) is 13.2 Å². The van der Waals surface area contributed by atoms with Crippen molar-refractivity contribution in [2.45, 2.75) is 19.0 Å². The topological polar surface area (TPSA) is 49.9 Å². The lowest BCUT2D eigenvalue weighted by atomic mass is 10.1. The number of carbonyl (C=O) groups excluding carboxylic acids is 2. The second-order valence-corrected chi connectivity index (χ2v) is 7.06. The fourth-order valence-corrected chi connectivity index (χ4v) is 3.45. The zero-order valence-corrected chi connectivity index (χ0v) is 16.6. The van der Waals surface area contributed by atoms with E-state index in [0.29, 0.717) is 25.9 Å². The molecule has 0 unspecified atom stereocenters. The van der Waals surface area contributed by atoms with Crippen LogP contribution in [0.15, 0.2) is 48.5 Å². The van der Waals surface area contributed by atoms with E-state index in [9.17, 15) is 22.8 Å². The SMILES string of the molecule is COc1ccc(CCC(=O)N2CCN(C(=O)c3ccccc3C(F)(F)F)CC2)cc1. The number of piperazine rings is 1. The minimum Gasteiger partial charge on any atom is -0.497 e. The Morgan fingerprint density at radius 1 is 0.933 bits per heavy atom. The first-order valence-corrected chi connectivity index (χ1v) is 9.66. The predicted octanol–water partition coefficient (Wildman–Crippen LogP) is 3.63. The van der Waals surface area contributed by atoms with E-state index in [1.165, 1.54) is 23.1 Å². The van der Waals surface area contributed by atoms with Crippen LogP contribution in [-0.2, 0) is 17.4 Å². The number of methoxy groups -OCH3 is 1. The number of alkyl halides is 3. The molecule has 0 N–H and O–H groups in total. The standard InChI is InChI=1S/C22H23F3N2O3/c1-30-17-9-6-16(7-10-17)8-11-20(28)26-12-14-27(15-13-26)21(29)18-4-2-3-5-19(18)22(23,24)25/h2-7,9-10H,8,11-15H2,1H3. The predicted molar refractivity (Wildman–Crippen MR) is 105 cm³/mol. The molecule has 0 aromatic heterocycles. The van der Waals surface area contributed by atoms with Gasteiger partial charge in [-0.1, -0.05) is 24.3 Å². The number of amides is 2. The minimum atomic E-state index is -4.59. The zero-order chi connectivity index (χ0) is 21.7. The van der Waals surface area contributed by atoms with Crippen LogP contribution in [0.5, 0.6) is 5.75 Å². The van der Waals surface area contributed by atoms with Gasteiger partial charge < -0.3 is 14.5 Å². The van der Waals surface area contributed by atoms with Crippen molar-refractivity contribution in [1.82, 2.24) is 9.80 Å². The highest BCUT2D eigenvalue weighted by Gasteiger charge is 2.36. The number of benzene rings is 2. The molecule has 0 saturated carbocycles. The van der Waals surface area contributed by atoms with E-state index in [0.717, 1.165) is 17.4 Å². The Kier molecular flexibility index (Phi) is 6.64. The Hall–Kier alpha value is -3.03. The summed E-state index contributed by atoms with van der Waals surface area (Å²) in [6.07, 6.45) is -3.68. The van der Waals surface area contributed by atoms with Gasteiger partial charge in [0, 0.05) is 32.6 Å². The van der Waals surface area contributed by atoms with Crippen molar-refractivity contribution in [3.63, 3.8) is 0 Å². The highest BCUT2D eigenvalue weighted by Crippen LogP contribution is 2.32. The second-order valence-electron chi connectivity index (χ2n) is 7.06. The van der Waals surface area contributed by atoms with Crippen LogP contribution in [0.25, 0.3) is 0 Å². The normalized spacial score (nSPS) is 14.5. The van der Waals surface area contributed by atoms with Crippen molar-refractivity contribution in [1.29, 1.82) is 0 Å². The van der Waals surface area contributed by atoms with Gasteiger partial charge in [-0.15, -0.1) is 0 Å². The number of hydrogen-bond donors (Lipinski definition) is 0. The number of halogens is 3. The Balaban J connectivity index is 1.54. The summed E-state index contributed by atoms with van der Waals surface area (Å²) in [5.74, 6) is 0.0554. The van der Waals surface area contributed by atoms with Crippen LogP contribution < -0.4 is 4.74 Å². The van der Waals surface area contributed by atoms with Crippen LogP contribution in [-0.4, -0.2) is 54.9 Å². The molecule has 1 aliphatic rings. The average Bonchev–Trinajstić information content (AvgIpc) is 2.77. The molecule has 2 amide bonds. The molecule has 1 saturated heterocycles. The first-order valence-electron chi connectivity index (χ1n) is 9.66. The van der Waals surface area contributed by atoms with E-state index in [1.54, 1.807) is 12.0 Å². The Labute approximate surface area is 173 Å². The Morgan fingerprint density at radius 3 is 2.13 bits per heavy atom. The maximum absolute atomic E-state index is 13.2. The molecule has 0 radical (unpaired) electrons.